The van der Waals surface area contributed by atoms with Gasteiger partial charge in [-0.1, -0.05) is 19.1 Å². The van der Waals surface area contributed by atoms with Gasteiger partial charge in [0.2, 0.25) is 0 Å². The lowest BCUT2D eigenvalue weighted by Gasteiger charge is -2.07. The van der Waals surface area contributed by atoms with Gasteiger partial charge in [-0.3, -0.25) is 9.20 Å². The molecule has 0 fully saturated rings. The normalized spacial score (nSPS) is 10.8. The predicted molar refractivity (Wildman–Crippen MR) is 88.7 cm³/mol. The molecule has 0 aliphatic rings. The number of rotatable bonds is 5. The van der Waals surface area contributed by atoms with Crippen LogP contribution in [0.1, 0.15) is 28.7 Å². The van der Waals surface area contributed by atoms with E-state index in [-0.39, 0.29) is 11.7 Å². The SMILES string of the molecule is CCc1nc2c(OC)cccn2c1C(=O)NCc1ccc(F)cc1. The molecule has 5 nitrogen and oxygen atoms in total. The number of benzene rings is 1. The number of carbonyl (C=O) groups is 1. The molecule has 3 aromatic rings. The van der Waals surface area contributed by atoms with Gasteiger partial charge in [-0.05, 0) is 36.2 Å². The molecular formula is C18H18FN3O2. The van der Waals surface area contributed by atoms with Crippen molar-refractivity contribution in [2.24, 2.45) is 0 Å². The minimum Gasteiger partial charge on any atom is -0.493 e. The number of imidazole rings is 1. The van der Waals surface area contributed by atoms with Crippen molar-refractivity contribution in [1.82, 2.24) is 14.7 Å². The highest BCUT2D eigenvalue weighted by Crippen LogP contribution is 2.22. The number of ether oxygens (including phenoxy) is 1. The summed E-state index contributed by atoms with van der Waals surface area (Å²) in [5.41, 5.74) is 2.64. The van der Waals surface area contributed by atoms with E-state index >= 15 is 0 Å². The van der Waals surface area contributed by atoms with Crippen molar-refractivity contribution in [1.29, 1.82) is 0 Å². The van der Waals surface area contributed by atoms with E-state index in [1.807, 2.05) is 19.1 Å². The first-order valence-corrected chi connectivity index (χ1v) is 7.70. The van der Waals surface area contributed by atoms with Gasteiger partial charge < -0.3 is 10.1 Å². The molecule has 0 unspecified atom stereocenters. The first kappa shape index (κ1) is 16.0. The second-order valence-electron chi connectivity index (χ2n) is 5.34. The van der Waals surface area contributed by atoms with E-state index in [1.165, 1.54) is 12.1 Å². The number of nitrogens with zero attached hydrogens (tertiary/aromatic N) is 2. The van der Waals surface area contributed by atoms with Crippen LogP contribution in [0.25, 0.3) is 5.65 Å². The third-order valence-electron chi connectivity index (χ3n) is 3.82. The Labute approximate surface area is 139 Å². The van der Waals surface area contributed by atoms with Crippen LogP contribution in [0, 0.1) is 5.82 Å². The molecular weight excluding hydrogens is 309 g/mol. The van der Waals surface area contributed by atoms with Gasteiger partial charge in [0.15, 0.2) is 11.4 Å². The Kier molecular flexibility index (Phi) is 4.46. The van der Waals surface area contributed by atoms with Crippen LogP contribution in [0.15, 0.2) is 42.6 Å². The quantitative estimate of drug-likeness (QED) is 0.784. The van der Waals surface area contributed by atoms with E-state index in [2.05, 4.69) is 10.3 Å². The molecule has 124 valence electrons. The zero-order chi connectivity index (χ0) is 17.1. The van der Waals surface area contributed by atoms with Crippen molar-refractivity contribution >= 4 is 11.6 Å². The zero-order valence-electron chi connectivity index (χ0n) is 13.5. The first-order valence-electron chi connectivity index (χ1n) is 7.70. The molecule has 0 radical (unpaired) electrons. The third kappa shape index (κ3) is 2.95. The van der Waals surface area contributed by atoms with Crippen molar-refractivity contribution in [3.05, 3.63) is 65.4 Å². The molecule has 0 spiro atoms. The highest BCUT2D eigenvalue weighted by molar-refractivity contribution is 5.95. The molecule has 2 heterocycles. The van der Waals surface area contributed by atoms with E-state index in [9.17, 15) is 9.18 Å². The Morgan fingerprint density at radius 2 is 2.04 bits per heavy atom. The Morgan fingerprint density at radius 1 is 1.29 bits per heavy atom. The fraction of sp³-hybridized carbons (Fsp3) is 0.222. The van der Waals surface area contributed by atoms with Crippen LogP contribution < -0.4 is 10.1 Å². The van der Waals surface area contributed by atoms with Gasteiger partial charge in [0.05, 0.1) is 12.8 Å². The maximum atomic E-state index is 12.9. The Bertz CT molecular complexity index is 872. The van der Waals surface area contributed by atoms with Crippen molar-refractivity contribution in [2.75, 3.05) is 7.11 Å². The summed E-state index contributed by atoms with van der Waals surface area (Å²) in [5, 5.41) is 2.86. The van der Waals surface area contributed by atoms with E-state index in [0.717, 1.165) is 5.56 Å². The Morgan fingerprint density at radius 3 is 2.71 bits per heavy atom. The maximum absolute atomic E-state index is 12.9. The first-order chi connectivity index (χ1) is 11.6. The molecule has 2 aromatic heterocycles. The van der Waals surface area contributed by atoms with Gasteiger partial charge in [0.1, 0.15) is 11.5 Å². The summed E-state index contributed by atoms with van der Waals surface area (Å²) in [4.78, 5) is 17.2. The lowest BCUT2D eigenvalue weighted by atomic mass is 10.2. The predicted octanol–water partition coefficient (Wildman–Crippen LogP) is 2.97. The van der Waals surface area contributed by atoms with Crippen LogP contribution in [0.2, 0.25) is 0 Å². The molecule has 6 heteroatoms. The second-order valence-corrected chi connectivity index (χ2v) is 5.34. The number of amides is 1. The number of carbonyl (C=O) groups excluding carboxylic acids is 1. The van der Waals surface area contributed by atoms with Crippen LogP contribution in [-0.4, -0.2) is 22.4 Å². The van der Waals surface area contributed by atoms with Crippen LogP contribution in [0.5, 0.6) is 5.75 Å². The minimum atomic E-state index is -0.299. The summed E-state index contributed by atoms with van der Waals surface area (Å²) in [6, 6.07) is 9.66. The molecule has 1 N–H and O–H groups in total. The highest BCUT2D eigenvalue weighted by Gasteiger charge is 2.19. The van der Waals surface area contributed by atoms with Gasteiger partial charge >= 0.3 is 0 Å². The lowest BCUT2D eigenvalue weighted by molar-refractivity contribution is 0.0944. The summed E-state index contributed by atoms with van der Waals surface area (Å²) >= 11 is 0. The van der Waals surface area contributed by atoms with Crippen molar-refractivity contribution in [3.8, 4) is 5.75 Å². The summed E-state index contributed by atoms with van der Waals surface area (Å²) < 4.78 is 20.0. The molecule has 24 heavy (non-hydrogen) atoms. The smallest absolute Gasteiger partial charge is 0.270 e. The molecule has 1 amide bonds. The molecule has 0 saturated heterocycles. The topological polar surface area (TPSA) is 55.6 Å². The minimum absolute atomic E-state index is 0.225. The van der Waals surface area contributed by atoms with E-state index < -0.39 is 0 Å². The summed E-state index contributed by atoms with van der Waals surface area (Å²) in [6.45, 7) is 2.27. The van der Waals surface area contributed by atoms with Gasteiger partial charge in [-0.25, -0.2) is 9.37 Å². The van der Waals surface area contributed by atoms with Crippen LogP contribution in [-0.2, 0) is 13.0 Å². The summed E-state index contributed by atoms with van der Waals surface area (Å²) in [7, 11) is 1.57. The van der Waals surface area contributed by atoms with Gasteiger partial charge in [0.25, 0.3) is 5.91 Å². The van der Waals surface area contributed by atoms with Gasteiger partial charge in [-0.15, -0.1) is 0 Å². The molecule has 0 bridgehead atoms. The number of pyridine rings is 1. The monoisotopic (exact) mass is 327 g/mol. The Balaban J connectivity index is 1.90. The standard InChI is InChI=1S/C18H18FN3O2/c1-3-14-16(22-10-4-5-15(24-2)17(22)21-14)18(23)20-11-12-6-8-13(19)9-7-12/h4-10H,3,11H2,1-2H3,(H,20,23). The summed E-state index contributed by atoms with van der Waals surface area (Å²) in [5.74, 6) is 0.0916. The molecule has 0 aliphatic heterocycles. The number of aryl methyl sites for hydroxylation is 1. The van der Waals surface area contributed by atoms with Gasteiger partial charge in [0, 0.05) is 12.7 Å². The zero-order valence-corrected chi connectivity index (χ0v) is 13.5. The largest absolute Gasteiger partial charge is 0.493 e. The van der Waals surface area contributed by atoms with Gasteiger partial charge in [-0.2, -0.15) is 0 Å². The molecule has 3 rings (SSSR count). The van der Waals surface area contributed by atoms with Crippen LogP contribution in [0.3, 0.4) is 0 Å². The number of nitrogens with one attached hydrogen (secondary N) is 1. The number of methoxy groups -OCH3 is 1. The van der Waals surface area contributed by atoms with Crippen LogP contribution >= 0.6 is 0 Å². The number of hydrogen-bond donors (Lipinski definition) is 1. The summed E-state index contributed by atoms with van der Waals surface area (Å²) in [6.07, 6.45) is 2.42. The van der Waals surface area contributed by atoms with Crippen molar-refractivity contribution < 1.29 is 13.9 Å². The Hall–Kier alpha value is -2.89. The average Bonchev–Trinajstić information content (AvgIpc) is 2.99. The third-order valence-corrected chi connectivity index (χ3v) is 3.82. The highest BCUT2D eigenvalue weighted by atomic mass is 19.1. The lowest BCUT2D eigenvalue weighted by Crippen LogP contribution is -2.25. The second kappa shape index (κ2) is 6.70. The molecule has 0 atom stereocenters. The number of fused-ring (bicyclic) bond motifs is 1. The average molecular weight is 327 g/mol. The van der Waals surface area contributed by atoms with Crippen LogP contribution in [0.4, 0.5) is 4.39 Å². The number of aromatic nitrogens is 2. The fourth-order valence-corrected chi connectivity index (χ4v) is 2.60. The number of halogens is 1. The van der Waals surface area contributed by atoms with E-state index in [4.69, 9.17) is 4.74 Å². The maximum Gasteiger partial charge on any atom is 0.270 e. The number of hydrogen-bond acceptors (Lipinski definition) is 3. The van der Waals surface area contributed by atoms with Crippen molar-refractivity contribution in [2.45, 2.75) is 19.9 Å². The molecule has 0 aliphatic carbocycles. The van der Waals surface area contributed by atoms with E-state index in [0.29, 0.717) is 35.8 Å². The van der Waals surface area contributed by atoms with E-state index in [1.54, 1.807) is 29.8 Å². The van der Waals surface area contributed by atoms with Crippen molar-refractivity contribution in [3.63, 3.8) is 0 Å². The fourth-order valence-electron chi connectivity index (χ4n) is 2.60. The molecule has 1 aromatic carbocycles. The molecule has 0 saturated carbocycles.